The third-order valence-electron chi connectivity index (χ3n) is 4.47. The third-order valence-corrected chi connectivity index (χ3v) is 5.10. The molecule has 1 unspecified atom stereocenters. The number of hydrogen-bond donors (Lipinski definition) is 1. The van der Waals surface area contributed by atoms with Gasteiger partial charge in [-0.15, -0.1) is 0 Å². The van der Waals surface area contributed by atoms with E-state index in [9.17, 15) is 4.79 Å². The number of nitrogens with one attached hydrogen (secondary N) is 1. The average molecular weight is 403 g/mol. The van der Waals surface area contributed by atoms with E-state index in [4.69, 9.17) is 27.7 Å². The van der Waals surface area contributed by atoms with Crippen LogP contribution in [0.15, 0.2) is 53.1 Å². The van der Waals surface area contributed by atoms with Crippen LogP contribution in [0.25, 0.3) is 11.4 Å². The van der Waals surface area contributed by atoms with Crippen molar-refractivity contribution in [2.75, 3.05) is 11.9 Å². The predicted molar refractivity (Wildman–Crippen MR) is 104 cm³/mol. The fourth-order valence-electron chi connectivity index (χ4n) is 3.14. The summed E-state index contributed by atoms with van der Waals surface area (Å²) in [6.07, 6.45) is 1.59. The number of amides is 2. The maximum absolute atomic E-state index is 12.8. The molecule has 1 aliphatic heterocycles. The van der Waals surface area contributed by atoms with Gasteiger partial charge in [0.1, 0.15) is 6.04 Å². The van der Waals surface area contributed by atoms with Gasteiger partial charge in [0.25, 0.3) is 0 Å². The lowest BCUT2D eigenvalue weighted by atomic mass is 10.2. The molecule has 0 saturated carbocycles. The highest BCUT2D eigenvalue weighted by Gasteiger charge is 2.34. The zero-order chi connectivity index (χ0) is 18.8. The quantitative estimate of drug-likeness (QED) is 0.635. The van der Waals surface area contributed by atoms with Crippen molar-refractivity contribution in [1.82, 2.24) is 15.0 Å². The molecule has 2 aromatic carbocycles. The number of rotatable bonds is 3. The first kappa shape index (κ1) is 17.8. The molecule has 2 amide bonds. The van der Waals surface area contributed by atoms with E-state index in [1.54, 1.807) is 23.1 Å². The standard InChI is InChI=1S/C19H16Cl2N4O2/c20-13-8-4-9-14(21)16(13)22-19(26)25-11-5-10-15(25)18-23-17(24-27-18)12-6-2-1-3-7-12/h1-4,6-9,15H,5,10-11H2,(H,22,26). The van der Waals surface area contributed by atoms with E-state index in [1.165, 1.54) is 0 Å². The predicted octanol–water partition coefficient (Wildman–Crippen LogP) is 5.41. The van der Waals surface area contributed by atoms with Crippen LogP contribution in [-0.4, -0.2) is 27.6 Å². The minimum atomic E-state index is -0.299. The van der Waals surface area contributed by atoms with Crippen molar-refractivity contribution in [3.63, 3.8) is 0 Å². The molecule has 1 fully saturated rings. The fourth-order valence-corrected chi connectivity index (χ4v) is 3.63. The number of carbonyl (C=O) groups is 1. The topological polar surface area (TPSA) is 71.3 Å². The molecule has 27 heavy (non-hydrogen) atoms. The van der Waals surface area contributed by atoms with Crippen LogP contribution in [0.2, 0.25) is 10.0 Å². The number of anilines is 1. The first-order valence-corrected chi connectivity index (χ1v) is 9.30. The molecule has 1 aromatic heterocycles. The summed E-state index contributed by atoms with van der Waals surface area (Å²) in [6.45, 7) is 0.585. The van der Waals surface area contributed by atoms with E-state index < -0.39 is 0 Å². The Morgan fingerprint density at radius 1 is 1.11 bits per heavy atom. The van der Waals surface area contributed by atoms with Gasteiger partial charge in [-0.05, 0) is 25.0 Å². The molecule has 0 radical (unpaired) electrons. The summed E-state index contributed by atoms with van der Waals surface area (Å²) < 4.78 is 5.45. The zero-order valence-corrected chi connectivity index (χ0v) is 15.7. The summed E-state index contributed by atoms with van der Waals surface area (Å²) in [5.74, 6) is 0.929. The van der Waals surface area contributed by atoms with Gasteiger partial charge in [-0.25, -0.2) is 4.79 Å². The summed E-state index contributed by atoms with van der Waals surface area (Å²) in [6, 6.07) is 14.1. The SMILES string of the molecule is O=C(Nc1c(Cl)cccc1Cl)N1CCCC1c1nc(-c2ccccc2)no1. The largest absolute Gasteiger partial charge is 0.337 e. The Bertz CT molecular complexity index is 941. The number of urea groups is 1. The first-order valence-electron chi connectivity index (χ1n) is 8.54. The molecular weight excluding hydrogens is 387 g/mol. The van der Waals surface area contributed by atoms with E-state index in [1.807, 2.05) is 30.3 Å². The van der Waals surface area contributed by atoms with Gasteiger partial charge in [0.05, 0.1) is 15.7 Å². The molecule has 1 atom stereocenters. The van der Waals surface area contributed by atoms with Crippen LogP contribution in [0.3, 0.4) is 0 Å². The van der Waals surface area contributed by atoms with Crippen LogP contribution in [0.4, 0.5) is 10.5 Å². The number of halogens is 2. The zero-order valence-electron chi connectivity index (χ0n) is 14.2. The Kier molecular flexibility index (Phi) is 5.01. The molecule has 1 aliphatic rings. The Labute approximate surface area is 166 Å². The Balaban J connectivity index is 1.54. The summed E-state index contributed by atoms with van der Waals surface area (Å²) in [7, 11) is 0. The minimum Gasteiger partial charge on any atom is -0.337 e. The Morgan fingerprint density at radius 3 is 2.59 bits per heavy atom. The molecule has 138 valence electrons. The van der Waals surface area contributed by atoms with Crippen LogP contribution in [-0.2, 0) is 0 Å². The van der Waals surface area contributed by atoms with Crippen molar-refractivity contribution in [3.8, 4) is 11.4 Å². The summed E-state index contributed by atoms with van der Waals surface area (Å²) in [4.78, 5) is 18.9. The van der Waals surface area contributed by atoms with Gasteiger partial charge in [0, 0.05) is 12.1 Å². The number of para-hydroxylation sites is 1. The lowest BCUT2D eigenvalue weighted by molar-refractivity contribution is 0.193. The van der Waals surface area contributed by atoms with Gasteiger partial charge in [0.2, 0.25) is 11.7 Å². The van der Waals surface area contributed by atoms with Crippen LogP contribution >= 0.6 is 23.2 Å². The van der Waals surface area contributed by atoms with Crippen molar-refractivity contribution in [1.29, 1.82) is 0 Å². The van der Waals surface area contributed by atoms with Gasteiger partial charge in [-0.1, -0.05) is 64.8 Å². The number of hydrogen-bond acceptors (Lipinski definition) is 4. The Hall–Kier alpha value is -2.57. The third kappa shape index (κ3) is 3.63. The van der Waals surface area contributed by atoms with Crippen LogP contribution < -0.4 is 5.32 Å². The molecule has 4 rings (SSSR count). The molecule has 3 aromatic rings. The smallest absolute Gasteiger partial charge is 0.322 e. The lowest BCUT2D eigenvalue weighted by Crippen LogP contribution is -2.34. The second kappa shape index (κ2) is 7.58. The molecule has 0 bridgehead atoms. The van der Waals surface area contributed by atoms with E-state index >= 15 is 0 Å². The molecule has 0 aliphatic carbocycles. The van der Waals surface area contributed by atoms with Gasteiger partial charge in [-0.2, -0.15) is 4.98 Å². The van der Waals surface area contributed by atoms with E-state index in [2.05, 4.69) is 15.5 Å². The molecule has 1 N–H and O–H groups in total. The van der Waals surface area contributed by atoms with Gasteiger partial charge < -0.3 is 14.7 Å². The van der Waals surface area contributed by atoms with Crippen LogP contribution in [0.5, 0.6) is 0 Å². The molecular formula is C19H16Cl2N4O2. The molecule has 8 heteroatoms. The Morgan fingerprint density at radius 2 is 1.85 bits per heavy atom. The van der Waals surface area contributed by atoms with Crippen molar-refractivity contribution in [3.05, 3.63) is 64.5 Å². The van der Waals surface area contributed by atoms with Crippen LogP contribution in [0, 0.1) is 0 Å². The highest BCUT2D eigenvalue weighted by Crippen LogP contribution is 2.34. The molecule has 1 saturated heterocycles. The van der Waals surface area contributed by atoms with Crippen molar-refractivity contribution < 1.29 is 9.32 Å². The van der Waals surface area contributed by atoms with Crippen molar-refractivity contribution >= 4 is 34.9 Å². The number of benzene rings is 2. The second-order valence-corrected chi connectivity index (χ2v) is 7.01. The molecule has 0 spiro atoms. The van der Waals surface area contributed by atoms with E-state index in [-0.39, 0.29) is 12.1 Å². The van der Waals surface area contributed by atoms with Crippen molar-refractivity contribution in [2.45, 2.75) is 18.9 Å². The molecule has 6 nitrogen and oxygen atoms in total. The maximum atomic E-state index is 12.8. The number of likely N-dealkylation sites (tertiary alicyclic amines) is 1. The average Bonchev–Trinajstić information content (AvgIpc) is 3.34. The highest BCUT2D eigenvalue weighted by molar-refractivity contribution is 6.39. The monoisotopic (exact) mass is 402 g/mol. The number of carbonyl (C=O) groups excluding carboxylic acids is 1. The van der Waals surface area contributed by atoms with Gasteiger partial charge >= 0.3 is 6.03 Å². The van der Waals surface area contributed by atoms with E-state index in [0.717, 1.165) is 18.4 Å². The van der Waals surface area contributed by atoms with Gasteiger partial charge in [0.15, 0.2) is 0 Å². The summed E-state index contributed by atoms with van der Waals surface area (Å²) >= 11 is 12.3. The normalized spacial score (nSPS) is 16.5. The summed E-state index contributed by atoms with van der Waals surface area (Å²) in [5.41, 5.74) is 1.26. The number of aromatic nitrogens is 2. The lowest BCUT2D eigenvalue weighted by Gasteiger charge is -2.22. The van der Waals surface area contributed by atoms with Crippen LogP contribution in [0.1, 0.15) is 24.8 Å². The van der Waals surface area contributed by atoms with Crippen molar-refractivity contribution in [2.24, 2.45) is 0 Å². The second-order valence-electron chi connectivity index (χ2n) is 6.20. The minimum absolute atomic E-state index is 0.281. The maximum Gasteiger partial charge on any atom is 0.322 e. The van der Waals surface area contributed by atoms with E-state index in [0.29, 0.717) is 34.0 Å². The fraction of sp³-hybridized carbons (Fsp3) is 0.211. The highest BCUT2D eigenvalue weighted by atomic mass is 35.5. The summed E-state index contributed by atoms with van der Waals surface area (Å²) in [5, 5.41) is 7.61. The van der Waals surface area contributed by atoms with Gasteiger partial charge in [-0.3, -0.25) is 0 Å². The first-order chi connectivity index (χ1) is 13.1. The number of nitrogens with zero attached hydrogens (tertiary/aromatic N) is 3. The molecule has 2 heterocycles.